The Labute approximate surface area is 127 Å². The molecule has 0 spiro atoms. The molecule has 1 heterocycles. The van der Waals surface area contributed by atoms with E-state index in [-0.39, 0.29) is 18.3 Å². The summed E-state index contributed by atoms with van der Waals surface area (Å²) in [5.74, 6) is 0.593. The summed E-state index contributed by atoms with van der Waals surface area (Å²) in [5, 5.41) is 0.797. The van der Waals surface area contributed by atoms with Crippen LogP contribution in [0, 0.1) is 5.92 Å². The normalized spacial score (nSPS) is 20.7. The van der Waals surface area contributed by atoms with Gasteiger partial charge in [0, 0.05) is 5.02 Å². The Hall–Kier alpha value is -0.505. The molecule has 0 aliphatic carbocycles. The molecule has 0 radical (unpaired) electrons. The average molecular weight is 295 g/mol. The summed E-state index contributed by atoms with van der Waals surface area (Å²) in [6.07, 6.45) is 0.989. The first-order chi connectivity index (χ1) is 9.12. The predicted molar refractivity (Wildman–Crippen MR) is 85.7 cm³/mol. The van der Waals surface area contributed by atoms with Crippen LogP contribution in [0.4, 0.5) is 0 Å². The van der Waals surface area contributed by atoms with Gasteiger partial charge in [0.25, 0.3) is 0 Å². The van der Waals surface area contributed by atoms with E-state index in [9.17, 15) is 0 Å². The molecule has 0 bridgehead atoms. The van der Waals surface area contributed by atoms with Crippen molar-refractivity contribution in [1.29, 1.82) is 0 Å². The van der Waals surface area contributed by atoms with Crippen LogP contribution in [0.15, 0.2) is 18.2 Å². The van der Waals surface area contributed by atoms with Gasteiger partial charge in [-0.15, -0.1) is 0 Å². The maximum absolute atomic E-state index is 6.38. The molecule has 0 N–H and O–H groups in total. The molecule has 1 fully saturated rings. The van der Waals surface area contributed by atoms with Gasteiger partial charge < -0.3 is 9.31 Å². The summed E-state index contributed by atoms with van der Waals surface area (Å²) >= 11 is 6.38. The third-order valence-electron chi connectivity index (χ3n) is 4.23. The van der Waals surface area contributed by atoms with Gasteiger partial charge in [-0.05, 0) is 57.1 Å². The van der Waals surface area contributed by atoms with Gasteiger partial charge in [-0.25, -0.2) is 0 Å². The molecule has 0 aromatic heterocycles. The van der Waals surface area contributed by atoms with Crippen molar-refractivity contribution in [1.82, 2.24) is 0 Å². The number of halogens is 1. The van der Waals surface area contributed by atoms with Crippen molar-refractivity contribution < 1.29 is 9.31 Å². The van der Waals surface area contributed by atoms with Crippen LogP contribution in [0.3, 0.4) is 0 Å². The van der Waals surface area contributed by atoms with E-state index in [1.165, 1.54) is 5.56 Å². The van der Waals surface area contributed by atoms with Crippen molar-refractivity contribution in [2.75, 3.05) is 0 Å². The Bertz CT molecular complexity index is 481. The molecule has 2 rings (SSSR count). The van der Waals surface area contributed by atoms with Gasteiger partial charge in [-0.2, -0.15) is 0 Å². The molecule has 4 heteroatoms. The van der Waals surface area contributed by atoms with Gasteiger partial charge in [0.05, 0.1) is 11.2 Å². The zero-order valence-electron chi connectivity index (χ0n) is 13.3. The van der Waals surface area contributed by atoms with Gasteiger partial charge in [-0.1, -0.05) is 37.6 Å². The van der Waals surface area contributed by atoms with E-state index in [0.29, 0.717) is 5.92 Å². The summed E-state index contributed by atoms with van der Waals surface area (Å²) in [6.45, 7) is 12.6. The number of hydrogen-bond acceptors (Lipinski definition) is 2. The molecular formula is C16H24BClO2. The first-order valence-corrected chi connectivity index (χ1v) is 7.64. The van der Waals surface area contributed by atoms with Gasteiger partial charge >= 0.3 is 7.12 Å². The van der Waals surface area contributed by atoms with Crippen molar-refractivity contribution in [3.8, 4) is 0 Å². The third-order valence-corrected chi connectivity index (χ3v) is 4.58. The minimum Gasteiger partial charge on any atom is -0.399 e. The number of benzene rings is 1. The second kappa shape index (κ2) is 5.36. The molecular weight excluding hydrogens is 270 g/mol. The Kier molecular flexibility index (Phi) is 4.26. The first-order valence-electron chi connectivity index (χ1n) is 7.26. The quantitative estimate of drug-likeness (QED) is 0.789. The topological polar surface area (TPSA) is 18.5 Å². The molecule has 1 aliphatic rings. The molecule has 0 saturated carbocycles. The fourth-order valence-electron chi connectivity index (χ4n) is 2.29. The van der Waals surface area contributed by atoms with Crippen LogP contribution in [-0.4, -0.2) is 18.3 Å². The SMILES string of the molecule is CC(C)Cc1ccc(B2OC(C)(C)C(C)(C)O2)cc1Cl. The molecule has 2 nitrogen and oxygen atoms in total. The van der Waals surface area contributed by atoms with E-state index in [2.05, 4.69) is 53.7 Å². The highest BCUT2D eigenvalue weighted by Gasteiger charge is 2.51. The molecule has 20 heavy (non-hydrogen) atoms. The second-order valence-electron chi connectivity index (χ2n) is 7.04. The van der Waals surface area contributed by atoms with Crippen LogP contribution in [-0.2, 0) is 15.7 Å². The van der Waals surface area contributed by atoms with Gasteiger partial charge in [0.1, 0.15) is 0 Å². The lowest BCUT2D eigenvalue weighted by Gasteiger charge is -2.32. The zero-order chi connectivity index (χ0) is 15.1. The summed E-state index contributed by atoms with van der Waals surface area (Å²) in [7, 11) is -0.342. The monoisotopic (exact) mass is 294 g/mol. The Balaban J connectivity index is 2.22. The van der Waals surface area contributed by atoms with Gasteiger partial charge in [0.2, 0.25) is 0 Å². The molecule has 1 saturated heterocycles. The predicted octanol–water partition coefficient (Wildman–Crippen LogP) is 3.84. The Morgan fingerprint density at radius 1 is 1.10 bits per heavy atom. The maximum atomic E-state index is 6.38. The zero-order valence-corrected chi connectivity index (χ0v) is 14.0. The lowest BCUT2D eigenvalue weighted by molar-refractivity contribution is 0.00578. The van der Waals surface area contributed by atoms with Crippen molar-refractivity contribution >= 4 is 24.2 Å². The molecule has 0 unspecified atom stereocenters. The summed E-state index contributed by atoms with van der Waals surface area (Å²) < 4.78 is 12.1. The van der Waals surface area contributed by atoms with E-state index in [1.807, 2.05) is 6.07 Å². The lowest BCUT2D eigenvalue weighted by Crippen LogP contribution is -2.41. The van der Waals surface area contributed by atoms with Crippen molar-refractivity contribution in [3.05, 3.63) is 28.8 Å². The van der Waals surface area contributed by atoms with E-state index in [1.54, 1.807) is 0 Å². The van der Waals surface area contributed by atoms with E-state index in [0.717, 1.165) is 16.9 Å². The highest BCUT2D eigenvalue weighted by molar-refractivity contribution is 6.62. The highest BCUT2D eigenvalue weighted by Crippen LogP contribution is 2.36. The van der Waals surface area contributed by atoms with Crippen LogP contribution in [0.25, 0.3) is 0 Å². The molecule has 0 amide bonds. The first kappa shape index (κ1) is 15.9. The Morgan fingerprint density at radius 2 is 1.65 bits per heavy atom. The summed E-state index contributed by atoms with van der Waals surface area (Å²) in [6, 6.07) is 6.12. The number of hydrogen-bond donors (Lipinski definition) is 0. The van der Waals surface area contributed by atoms with Crippen LogP contribution < -0.4 is 5.46 Å². The van der Waals surface area contributed by atoms with Crippen LogP contribution in [0.2, 0.25) is 5.02 Å². The standard InChI is InChI=1S/C16H24BClO2/c1-11(2)9-12-7-8-13(10-14(12)18)17-19-15(3,4)16(5,6)20-17/h7-8,10-11H,9H2,1-6H3. The summed E-state index contributed by atoms with van der Waals surface area (Å²) in [5.41, 5.74) is 1.53. The molecule has 0 atom stereocenters. The fourth-order valence-corrected chi connectivity index (χ4v) is 2.56. The number of rotatable bonds is 3. The van der Waals surface area contributed by atoms with Crippen LogP contribution in [0.5, 0.6) is 0 Å². The third kappa shape index (κ3) is 3.05. The van der Waals surface area contributed by atoms with Gasteiger partial charge in [0.15, 0.2) is 0 Å². The smallest absolute Gasteiger partial charge is 0.399 e. The van der Waals surface area contributed by atoms with Crippen LogP contribution >= 0.6 is 11.6 Å². The second-order valence-corrected chi connectivity index (χ2v) is 7.44. The van der Waals surface area contributed by atoms with Crippen molar-refractivity contribution in [3.63, 3.8) is 0 Å². The molecule has 1 aromatic rings. The van der Waals surface area contributed by atoms with Crippen LogP contribution in [0.1, 0.15) is 47.1 Å². The summed E-state index contributed by atoms with van der Waals surface area (Å²) in [4.78, 5) is 0. The van der Waals surface area contributed by atoms with Gasteiger partial charge in [-0.3, -0.25) is 0 Å². The largest absolute Gasteiger partial charge is 0.494 e. The lowest BCUT2D eigenvalue weighted by atomic mass is 9.78. The van der Waals surface area contributed by atoms with Crippen molar-refractivity contribution in [2.24, 2.45) is 5.92 Å². The molecule has 110 valence electrons. The minimum absolute atomic E-state index is 0.319. The van der Waals surface area contributed by atoms with Crippen molar-refractivity contribution in [2.45, 2.75) is 59.2 Å². The average Bonchev–Trinajstić information content (AvgIpc) is 2.50. The molecule has 1 aromatic carbocycles. The van der Waals surface area contributed by atoms with E-state index >= 15 is 0 Å². The Morgan fingerprint density at radius 3 is 2.10 bits per heavy atom. The fraction of sp³-hybridized carbons (Fsp3) is 0.625. The molecule has 1 aliphatic heterocycles. The van der Waals surface area contributed by atoms with E-state index < -0.39 is 0 Å². The minimum atomic E-state index is -0.342. The van der Waals surface area contributed by atoms with E-state index in [4.69, 9.17) is 20.9 Å². The maximum Gasteiger partial charge on any atom is 0.494 e. The highest BCUT2D eigenvalue weighted by atomic mass is 35.5.